The summed E-state index contributed by atoms with van der Waals surface area (Å²) in [6.07, 6.45) is 13.0. The van der Waals surface area contributed by atoms with Gasteiger partial charge >= 0.3 is 0 Å². The monoisotopic (exact) mass is 204 g/mol. The highest BCUT2D eigenvalue weighted by Gasteiger charge is 2.08. The van der Waals surface area contributed by atoms with Gasteiger partial charge in [0.05, 0.1) is 0 Å². The van der Waals surface area contributed by atoms with Crippen molar-refractivity contribution < 1.29 is 0 Å². The van der Waals surface area contributed by atoms with Crippen LogP contribution in [0.4, 0.5) is 0 Å². The van der Waals surface area contributed by atoms with E-state index in [1.807, 2.05) is 18.0 Å². The highest BCUT2D eigenvalue weighted by Crippen LogP contribution is 2.22. The predicted molar refractivity (Wildman–Crippen MR) is 65.6 cm³/mol. The van der Waals surface area contributed by atoms with Crippen LogP contribution in [0.1, 0.15) is 27.2 Å². The van der Waals surface area contributed by atoms with Crippen molar-refractivity contribution >= 4 is 0 Å². The molecule has 0 atom stereocenters. The van der Waals surface area contributed by atoms with E-state index in [0.29, 0.717) is 5.92 Å². The molecule has 0 radical (unpaired) electrons. The highest BCUT2D eigenvalue weighted by atomic mass is 15.1. The summed E-state index contributed by atoms with van der Waals surface area (Å²) in [6.45, 7) is 6.50. The van der Waals surface area contributed by atoms with Crippen LogP contribution in [-0.2, 0) is 0 Å². The quantitative estimate of drug-likeness (QED) is 0.765. The molecule has 0 spiro atoms. The number of hydrogen-bond acceptors (Lipinski definition) is 2. The average molecular weight is 204 g/mol. The largest absolute Gasteiger partial charge is 0.403 e. The third kappa shape index (κ3) is 3.31. The van der Waals surface area contributed by atoms with Crippen molar-refractivity contribution in [1.82, 2.24) is 4.90 Å². The summed E-state index contributed by atoms with van der Waals surface area (Å²) in [5, 5.41) is 0. The molecule has 0 aromatic rings. The first-order chi connectivity index (χ1) is 7.17. The zero-order chi connectivity index (χ0) is 11.3. The first-order valence-electron chi connectivity index (χ1n) is 5.39. The van der Waals surface area contributed by atoms with Gasteiger partial charge in [-0.15, -0.1) is 0 Å². The van der Waals surface area contributed by atoms with E-state index in [0.717, 1.165) is 6.42 Å². The summed E-state index contributed by atoms with van der Waals surface area (Å²) >= 11 is 0. The van der Waals surface area contributed by atoms with E-state index < -0.39 is 0 Å². The molecule has 0 unspecified atom stereocenters. The second-order valence-corrected chi connectivity index (χ2v) is 4.10. The molecular weight excluding hydrogens is 184 g/mol. The number of nitrogens with zero attached hydrogens (tertiary/aromatic N) is 1. The van der Waals surface area contributed by atoms with Crippen molar-refractivity contribution in [1.29, 1.82) is 0 Å². The summed E-state index contributed by atoms with van der Waals surface area (Å²) in [5.41, 5.74) is 7.94. The number of allylic oxidation sites excluding steroid dienone is 4. The van der Waals surface area contributed by atoms with Gasteiger partial charge in [-0.1, -0.05) is 19.9 Å². The van der Waals surface area contributed by atoms with E-state index >= 15 is 0 Å². The van der Waals surface area contributed by atoms with E-state index in [1.54, 1.807) is 6.20 Å². The minimum atomic E-state index is 0.690. The third-order valence-corrected chi connectivity index (χ3v) is 2.27. The molecule has 1 aliphatic heterocycles. The van der Waals surface area contributed by atoms with Crippen molar-refractivity contribution in [2.45, 2.75) is 27.2 Å². The summed E-state index contributed by atoms with van der Waals surface area (Å²) in [6, 6.07) is 0. The molecule has 0 aromatic heterocycles. The number of rotatable bonds is 3. The van der Waals surface area contributed by atoms with Gasteiger partial charge in [-0.3, -0.25) is 0 Å². The van der Waals surface area contributed by atoms with Crippen LogP contribution < -0.4 is 5.73 Å². The van der Waals surface area contributed by atoms with Crippen LogP contribution in [0.2, 0.25) is 0 Å². The molecule has 2 nitrogen and oxygen atoms in total. The Kier molecular flexibility index (Phi) is 4.22. The molecule has 1 aliphatic rings. The molecule has 2 heteroatoms. The van der Waals surface area contributed by atoms with Gasteiger partial charge in [0.15, 0.2) is 0 Å². The zero-order valence-corrected chi connectivity index (χ0v) is 9.77. The Morgan fingerprint density at radius 3 is 2.73 bits per heavy atom. The Labute approximate surface area is 92.5 Å². The van der Waals surface area contributed by atoms with Crippen molar-refractivity contribution in [3.8, 4) is 0 Å². The summed E-state index contributed by atoms with van der Waals surface area (Å²) in [5.74, 6) is 0.690. The Morgan fingerprint density at radius 1 is 1.47 bits per heavy atom. The van der Waals surface area contributed by atoms with Gasteiger partial charge in [-0.25, -0.2) is 0 Å². The lowest BCUT2D eigenvalue weighted by Crippen LogP contribution is -2.12. The Bertz CT molecular complexity index is 319. The van der Waals surface area contributed by atoms with Crippen LogP contribution in [0.15, 0.2) is 48.1 Å². The fraction of sp³-hybridized carbons (Fsp3) is 0.385. The van der Waals surface area contributed by atoms with E-state index in [2.05, 4.69) is 38.3 Å². The Balaban J connectivity index is 2.80. The van der Waals surface area contributed by atoms with E-state index in [4.69, 9.17) is 5.73 Å². The minimum absolute atomic E-state index is 0.690. The Morgan fingerprint density at radius 2 is 2.20 bits per heavy atom. The van der Waals surface area contributed by atoms with Crippen LogP contribution in [0.3, 0.4) is 0 Å². The predicted octanol–water partition coefficient (Wildman–Crippen LogP) is 3.12. The highest BCUT2D eigenvalue weighted by molar-refractivity contribution is 5.36. The van der Waals surface area contributed by atoms with Crippen LogP contribution in [0, 0.1) is 5.92 Å². The maximum atomic E-state index is 5.39. The molecule has 1 rings (SSSR count). The minimum Gasteiger partial charge on any atom is -0.403 e. The fourth-order valence-corrected chi connectivity index (χ4v) is 1.63. The SMILES string of the molecule is C/C=C1/C=C(CC(C)C)C=CN1/C=C\N. The maximum absolute atomic E-state index is 5.39. The first-order valence-corrected chi connectivity index (χ1v) is 5.39. The lowest BCUT2D eigenvalue weighted by molar-refractivity contribution is 0.613. The molecular formula is C13H20N2. The molecule has 0 amide bonds. The van der Waals surface area contributed by atoms with Gasteiger partial charge in [0.25, 0.3) is 0 Å². The number of hydrogen-bond donors (Lipinski definition) is 1. The smallest absolute Gasteiger partial charge is 0.0410 e. The number of nitrogens with two attached hydrogens (primary N) is 1. The molecule has 0 fully saturated rings. The molecule has 0 saturated heterocycles. The summed E-state index contributed by atoms with van der Waals surface area (Å²) < 4.78 is 0. The van der Waals surface area contributed by atoms with E-state index in [-0.39, 0.29) is 0 Å². The third-order valence-electron chi connectivity index (χ3n) is 2.27. The Hall–Kier alpha value is -1.44. The van der Waals surface area contributed by atoms with Crippen LogP contribution in [-0.4, -0.2) is 4.90 Å². The van der Waals surface area contributed by atoms with Gasteiger partial charge in [-0.05, 0) is 37.0 Å². The average Bonchev–Trinajstić information content (AvgIpc) is 2.20. The van der Waals surface area contributed by atoms with Crippen molar-refractivity contribution in [3.63, 3.8) is 0 Å². The van der Waals surface area contributed by atoms with Gasteiger partial charge in [0.2, 0.25) is 0 Å². The first kappa shape index (κ1) is 11.6. The van der Waals surface area contributed by atoms with Gasteiger partial charge in [0, 0.05) is 24.3 Å². The van der Waals surface area contributed by atoms with Crippen molar-refractivity contribution in [2.24, 2.45) is 11.7 Å². The second-order valence-electron chi connectivity index (χ2n) is 4.10. The lowest BCUT2D eigenvalue weighted by Gasteiger charge is -2.22. The molecule has 0 saturated carbocycles. The zero-order valence-electron chi connectivity index (χ0n) is 9.77. The van der Waals surface area contributed by atoms with E-state index in [1.165, 1.54) is 11.3 Å². The van der Waals surface area contributed by atoms with Gasteiger partial charge in [-0.2, -0.15) is 0 Å². The summed E-state index contributed by atoms with van der Waals surface area (Å²) in [4.78, 5) is 2.02. The lowest BCUT2D eigenvalue weighted by atomic mass is 10.0. The molecule has 15 heavy (non-hydrogen) atoms. The van der Waals surface area contributed by atoms with Crippen LogP contribution in [0.5, 0.6) is 0 Å². The van der Waals surface area contributed by atoms with Crippen LogP contribution >= 0.6 is 0 Å². The summed E-state index contributed by atoms with van der Waals surface area (Å²) in [7, 11) is 0. The molecule has 0 aromatic carbocycles. The second kappa shape index (κ2) is 5.44. The maximum Gasteiger partial charge on any atom is 0.0410 e. The topological polar surface area (TPSA) is 29.3 Å². The molecule has 2 N–H and O–H groups in total. The normalized spacial score (nSPS) is 19.3. The van der Waals surface area contributed by atoms with Crippen LogP contribution in [0.25, 0.3) is 0 Å². The van der Waals surface area contributed by atoms with Crippen molar-refractivity contribution in [3.05, 3.63) is 48.1 Å². The van der Waals surface area contributed by atoms with Gasteiger partial charge in [0.1, 0.15) is 0 Å². The van der Waals surface area contributed by atoms with Gasteiger partial charge < -0.3 is 10.6 Å². The standard InChI is InChI=1S/C13H20N2/c1-4-13-10-12(9-11(2)3)5-7-15(13)8-6-14/h4-8,10-11H,9,14H2,1-3H3/b8-6-,13-4-. The molecule has 0 aliphatic carbocycles. The van der Waals surface area contributed by atoms with Crippen molar-refractivity contribution in [2.75, 3.05) is 0 Å². The van der Waals surface area contributed by atoms with E-state index in [9.17, 15) is 0 Å². The molecule has 0 bridgehead atoms. The fourth-order valence-electron chi connectivity index (χ4n) is 1.63. The molecule has 1 heterocycles. The molecule has 82 valence electrons.